The number of aromatic nitrogens is 4. The van der Waals surface area contributed by atoms with E-state index in [4.69, 9.17) is 4.74 Å². The van der Waals surface area contributed by atoms with Gasteiger partial charge in [-0.2, -0.15) is 14.6 Å². The molecule has 11 heteroatoms. The lowest BCUT2D eigenvalue weighted by atomic mass is 9.97. The van der Waals surface area contributed by atoms with Crippen molar-refractivity contribution in [2.24, 2.45) is 5.92 Å². The molecule has 1 aromatic carbocycles. The molecule has 1 aliphatic heterocycles. The van der Waals surface area contributed by atoms with E-state index in [1.54, 1.807) is 9.42 Å². The monoisotopic (exact) mass is 539 g/mol. The Morgan fingerprint density at radius 3 is 2.74 bits per heavy atom. The Balaban J connectivity index is 1.41. The van der Waals surface area contributed by atoms with Crippen molar-refractivity contribution < 1.29 is 14.3 Å². The minimum absolute atomic E-state index is 0.0942. The number of anilines is 2. The molecule has 0 radical (unpaired) electrons. The molecule has 0 saturated carbocycles. The molecule has 10 nitrogen and oxygen atoms in total. The largest absolute Gasteiger partial charge is 0.444 e. The Morgan fingerprint density at radius 2 is 2.03 bits per heavy atom. The smallest absolute Gasteiger partial charge is 0.410 e. The molecule has 1 atom stereocenters. The molecule has 0 aliphatic carbocycles. The highest BCUT2D eigenvalue weighted by Crippen LogP contribution is 2.24. The van der Waals surface area contributed by atoms with Crippen LogP contribution in [0.15, 0.2) is 35.6 Å². The highest BCUT2D eigenvalue weighted by atomic mass is 32.2. The van der Waals surface area contributed by atoms with Gasteiger partial charge in [0.2, 0.25) is 11.9 Å². The van der Waals surface area contributed by atoms with Crippen molar-refractivity contribution in [3.8, 4) is 0 Å². The van der Waals surface area contributed by atoms with E-state index < -0.39 is 5.60 Å². The number of hydrogen-bond donors (Lipinski definition) is 2. The van der Waals surface area contributed by atoms with Crippen LogP contribution >= 0.6 is 11.8 Å². The highest BCUT2D eigenvalue weighted by molar-refractivity contribution is 7.98. The fourth-order valence-electron chi connectivity index (χ4n) is 4.36. The minimum Gasteiger partial charge on any atom is -0.444 e. The third kappa shape index (κ3) is 6.75. The second kappa shape index (κ2) is 11.6. The number of nitrogens with one attached hydrogen (secondary N) is 2. The van der Waals surface area contributed by atoms with E-state index in [0.29, 0.717) is 42.3 Å². The lowest BCUT2D eigenvalue weighted by molar-refractivity contribution is -0.121. The van der Waals surface area contributed by atoms with Gasteiger partial charge in [0.05, 0.1) is 12.1 Å². The average Bonchev–Trinajstić information content (AvgIpc) is 3.31. The minimum atomic E-state index is -0.566. The van der Waals surface area contributed by atoms with Crippen molar-refractivity contribution in [2.45, 2.75) is 70.7 Å². The maximum Gasteiger partial charge on any atom is 0.410 e. The summed E-state index contributed by atoms with van der Waals surface area (Å²) < 4.78 is 7.22. The van der Waals surface area contributed by atoms with Gasteiger partial charge in [0.1, 0.15) is 5.60 Å². The summed E-state index contributed by atoms with van der Waals surface area (Å²) in [5.74, 6) is 0.534. The lowest BCUT2D eigenvalue weighted by Crippen LogP contribution is -2.45. The number of thioether (sulfide) groups is 1. The fourth-order valence-corrected chi connectivity index (χ4v) is 4.71. The van der Waals surface area contributed by atoms with E-state index in [2.05, 4.69) is 39.5 Å². The molecule has 3 heterocycles. The van der Waals surface area contributed by atoms with Crippen molar-refractivity contribution in [2.75, 3.05) is 30.0 Å². The van der Waals surface area contributed by atoms with Crippen LogP contribution in [0.5, 0.6) is 0 Å². The Labute approximate surface area is 227 Å². The molecule has 1 aliphatic rings. The van der Waals surface area contributed by atoms with Crippen LogP contribution in [-0.4, -0.2) is 61.4 Å². The Kier molecular flexibility index (Phi) is 8.44. The molecule has 0 spiro atoms. The summed E-state index contributed by atoms with van der Waals surface area (Å²) in [6.07, 6.45) is 4.92. The van der Waals surface area contributed by atoms with Gasteiger partial charge in [-0.25, -0.2) is 9.78 Å². The van der Waals surface area contributed by atoms with Gasteiger partial charge in [-0.15, -0.1) is 0 Å². The molecule has 1 saturated heterocycles. The molecular formula is C27H37N7O3S. The third-order valence-corrected chi connectivity index (χ3v) is 6.82. The molecule has 1 fully saturated rings. The molecule has 1 unspecified atom stereocenters. The van der Waals surface area contributed by atoms with E-state index in [-0.39, 0.29) is 17.9 Å². The first-order chi connectivity index (χ1) is 18.0. The second-order valence-electron chi connectivity index (χ2n) is 10.8. The van der Waals surface area contributed by atoms with Gasteiger partial charge in [0, 0.05) is 30.9 Å². The van der Waals surface area contributed by atoms with E-state index in [1.807, 2.05) is 57.5 Å². The number of likely N-dealkylation sites (tertiary alicyclic amines) is 1. The summed E-state index contributed by atoms with van der Waals surface area (Å²) in [6, 6.07) is 7.71. The molecule has 4 rings (SSSR count). The molecule has 2 aromatic heterocycles. The number of nitrogens with zero attached hydrogens (tertiary/aromatic N) is 5. The van der Waals surface area contributed by atoms with Crippen molar-refractivity contribution in [3.63, 3.8) is 0 Å². The van der Waals surface area contributed by atoms with Gasteiger partial charge in [0.25, 0.3) is 0 Å². The quantitative estimate of drug-likeness (QED) is 0.396. The van der Waals surface area contributed by atoms with Gasteiger partial charge < -0.3 is 20.3 Å². The maximum absolute atomic E-state index is 13.0. The number of ether oxygens (including phenoxy) is 1. The molecule has 3 aromatic rings. The summed E-state index contributed by atoms with van der Waals surface area (Å²) in [5, 5.41) is 11.6. The fraction of sp³-hybridized carbons (Fsp3) is 0.519. The Morgan fingerprint density at radius 1 is 1.24 bits per heavy atom. The summed E-state index contributed by atoms with van der Waals surface area (Å²) >= 11 is 1.49. The number of amides is 2. The zero-order valence-corrected chi connectivity index (χ0v) is 23.8. The summed E-state index contributed by atoms with van der Waals surface area (Å²) in [7, 11) is 0. The number of carbonyl (C=O) groups is 2. The first-order valence-corrected chi connectivity index (χ1v) is 14.2. The van der Waals surface area contributed by atoms with Gasteiger partial charge in [-0.1, -0.05) is 37.7 Å². The molecule has 0 bridgehead atoms. The molecule has 2 amide bonds. The van der Waals surface area contributed by atoms with Crippen molar-refractivity contribution >= 4 is 41.0 Å². The maximum atomic E-state index is 13.0. The number of hydrogen-bond acceptors (Lipinski definition) is 8. The van der Waals surface area contributed by atoms with Gasteiger partial charge >= 0.3 is 6.09 Å². The van der Waals surface area contributed by atoms with E-state index >= 15 is 0 Å². The third-order valence-electron chi connectivity index (χ3n) is 6.27. The second-order valence-corrected chi connectivity index (χ2v) is 11.6. The number of benzene rings is 1. The number of rotatable bonds is 7. The van der Waals surface area contributed by atoms with Crippen LogP contribution in [-0.2, 0) is 16.1 Å². The van der Waals surface area contributed by atoms with Gasteiger partial charge in [0.15, 0.2) is 10.8 Å². The van der Waals surface area contributed by atoms with Crippen LogP contribution in [0.25, 0.3) is 5.65 Å². The van der Waals surface area contributed by atoms with Crippen LogP contribution in [0.1, 0.15) is 64.5 Å². The van der Waals surface area contributed by atoms with Crippen LogP contribution in [0.3, 0.4) is 0 Å². The Hall–Kier alpha value is -3.34. The van der Waals surface area contributed by atoms with E-state index in [0.717, 1.165) is 29.6 Å². The standard InChI is InChI=1S/C27H37N7O3S/c1-17(2)21-15-29-34-22(21)31-25(38-6)32-24(34)28-14-18-9-7-11-20(13-18)30-23(35)19-10-8-12-33(16-19)26(36)37-27(3,4)5/h7,9,11,13,15,17,19H,8,10,12,14,16H2,1-6H3,(H,30,35)(H,28,31,32). The summed E-state index contributed by atoms with van der Waals surface area (Å²) in [5.41, 5.74) is 3.00. The first-order valence-electron chi connectivity index (χ1n) is 13.0. The summed E-state index contributed by atoms with van der Waals surface area (Å²) in [4.78, 5) is 36.4. The van der Waals surface area contributed by atoms with Crippen molar-refractivity contribution in [3.05, 3.63) is 41.6 Å². The SMILES string of the molecule is CSc1nc(NCc2cccc(NC(=O)C3CCCN(C(=O)OC(C)(C)C)C3)c2)n2ncc(C(C)C)c2n1. The number of carbonyl (C=O) groups excluding carboxylic acids is 2. The highest BCUT2D eigenvalue weighted by Gasteiger charge is 2.31. The lowest BCUT2D eigenvalue weighted by Gasteiger charge is -2.33. The van der Waals surface area contributed by atoms with Gasteiger partial charge in [-0.05, 0) is 63.5 Å². The van der Waals surface area contributed by atoms with Crippen molar-refractivity contribution in [1.82, 2.24) is 24.5 Å². The molecular weight excluding hydrogens is 502 g/mol. The normalized spacial score (nSPS) is 16.1. The molecule has 204 valence electrons. The zero-order chi connectivity index (χ0) is 27.4. The van der Waals surface area contributed by atoms with Crippen LogP contribution in [0.4, 0.5) is 16.4 Å². The van der Waals surface area contributed by atoms with E-state index in [9.17, 15) is 9.59 Å². The van der Waals surface area contributed by atoms with Crippen LogP contribution in [0.2, 0.25) is 0 Å². The summed E-state index contributed by atoms with van der Waals surface area (Å²) in [6.45, 7) is 11.2. The number of piperidine rings is 1. The predicted molar refractivity (Wildman–Crippen MR) is 150 cm³/mol. The Bertz CT molecular complexity index is 1300. The number of fused-ring (bicyclic) bond motifs is 1. The zero-order valence-electron chi connectivity index (χ0n) is 22.9. The van der Waals surface area contributed by atoms with Crippen LogP contribution < -0.4 is 10.6 Å². The first kappa shape index (κ1) is 27.7. The molecule has 38 heavy (non-hydrogen) atoms. The average molecular weight is 540 g/mol. The van der Waals surface area contributed by atoms with Gasteiger partial charge in [-0.3, -0.25) is 4.79 Å². The topological polar surface area (TPSA) is 114 Å². The molecule has 2 N–H and O–H groups in total. The predicted octanol–water partition coefficient (Wildman–Crippen LogP) is 5.17. The van der Waals surface area contributed by atoms with E-state index in [1.165, 1.54) is 11.8 Å². The van der Waals surface area contributed by atoms with Crippen molar-refractivity contribution in [1.29, 1.82) is 0 Å². The van der Waals surface area contributed by atoms with Crippen LogP contribution in [0, 0.1) is 5.92 Å².